The largest absolute Gasteiger partial charge is 0.508 e. The van der Waals surface area contributed by atoms with Crippen LogP contribution in [0.5, 0.6) is 5.75 Å². The molecule has 0 aliphatic rings. The van der Waals surface area contributed by atoms with Crippen molar-refractivity contribution < 1.29 is 26.9 Å². The maximum Gasteiger partial charge on any atom is 0.285 e. The number of phenols is 1. The fourth-order valence-electron chi connectivity index (χ4n) is 3.45. The van der Waals surface area contributed by atoms with E-state index in [1.54, 1.807) is 38.1 Å². The van der Waals surface area contributed by atoms with Crippen LogP contribution in [0.2, 0.25) is 0 Å². The van der Waals surface area contributed by atoms with Gasteiger partial charge in [0.1, 0.15) is 5.75 Å². The molecule has 4 rings (SSSR count). The molecule has 10 nitrogen and oxygen atoms in total. The number of aromatic hydroxyl groups is 1. The van der Waals surface area contributed by atoms with Crippen molar-refractivity contribution in [1.29, 1.82) is 0 Å². The van der Waals surface area contributed by atoms with Crippen molar-refractivity contribution in [3.63, 3.8) is 0 Å². The monoisotopic (exact) mass is 585 g/mol. The molecule has 0 aliphatic carbocycles. The smallest absolute Gasteiger partial charge is 0.285 e. The van der Waals surface area contributed by atoms with Gasteiger partial charge in [-0.25, -0.2) is 16.8 Å². The molecule has 39 heavy (non-hydrogen) atoms. The number of nitro groups is 1. The summed E-state index contributed by atoms with van der Waals surface area (Å²) in [5.74, 6) is 0.00116. The van der Waals surface area contributed by atoms with Crippen LogP contribution in [0.15, 0.2) is 105 Å². The normalized spacial score (nSPS) is 11.6. The Morgan fingerprint density at radius 1 is 0.718 bits per heavy atom. The predicted octanol–water partition coefficient (Wildman–Crippen LogP) is 5.67. The third-order valence-electron chi connectivity index (χ3n) is 5.51. The van der Waals surface area contributed by atoms with E-state index >= 15 is 0 Å². The van der Waals surface area contributed by atoms with Gasteiger partial charge in [0.15, 0.2) is 0 Å². The number of nitro benzene ring substituents is 1. The predicted molar refractivity (Wildman–Crippen MR) is 149 cm³/mol. The zero-order valence-corrected chi connectivity index (χ0v) is 23.1. The number of hydrogen-bond acceptors (Lipinski definition) is 8. The van der Waals surface area contributed by atoms with Crippen LogP contribution < -0.4 is 9.44 Å². The average molecular weight is 586 g/mol. The number of aryl methyl sites for hydroxylation is 2. The van der Waals surface area contributed by atoms with Crippen molar-refractivity contribution >= 4 is 48.9 Å². The molecule has 0 radical (unpaired) electrons. The molecule has 0 aliphatic heterocycles. The lowest BCUT2D eigenvalue weighted by Crippen LogP contribution is -2.18. The van der Waals surface area contributed by atoms with Crippen LogP contribution in [0.4, 0.5) is 17.1 Å². The first-order valence-corrected chi connectivity index (χ1v) is 15.1. The van der Waals surface area contributed by atoms with E-state index in [-0.39, 0.29) is 31.8 Å². The van der Waals surface area contributed by atoms with Gasteiger partial charge in [-0.15, -0.1) is 0 Å². The van der Waals surface area contributed by atoms with E-state index in [9.17, 15) is 32.1 Å². The molecule has 3 N–H and O–H groups in total. The van der Waals surface area contributed by atoms with E-state index in [2.05, 4.69) is 9.44 Å². The fraction of sp³-hybridized carbons (Fsp3) is 0.0769. The summed E-state index contributed by atoms with van der Waals surface area (Å²) in [6, 6.07) is 20.0. The van der Waals surface area contributed by atoms with Gasteiger partial charge in [0, 0.05) is 11.0 Å². The van der Waals surface area contributed by atoms with Gasteiger partial charge >= 0.3 is 0 Å². The topological polar surface area (TPSA) is 156 Å². The Hall–Kier alpha value is -4.07. The molecule has 13 heteroatoms. The number of rotatable bonds is 9. The summed E-state index contributed by atoms with van der Waals surface area (Å²) in [5, 5.41) is 21.5. The van der Waals surface area contributed by atoms with Crippen molar-refractivity contribution in [1.82, 2.24) is 0 Å². The minimum atomic E-state index is -4.24. The molecule has 0 unspecified atom stereocenters. The van der Waals surface area contributed by atoms with Gasteiger partial charge in [-0.3, -0.25) is 19.6 Å². The molecule has 0 atom stereocenters. The molecule has 0 bridgehead atoms. The van der Waals surface area contributed by atoms with Gasteiger partial charge in [-0.2, -0.15) is 0 Å². The summed E-state index contributed by atoms with van der Waals surface area (Å²) < 4.78 is 57.4. The quantitative estimate of drug-likeness (QED) is 0.168. The standard InChI is InChI=1S/C26H23N3O7S3/c1-17-3-11-21(12-4-17)38(33,34)27-23-15-25(29(31)32)26(37-20-9-7-19(30)8-10-20)16-24(23)28-39(35,36)22-13-5-18(2)6-14-22/h3-16,27-28,30H,1-2H3. The van der Waals surface area contributed by atoms with Gasteiger partial charge < -0.3 is 5.11 Å². The minimum absolute atomic E-state index is 0.00116. The van der Waals surface area contributed by atoms with Crippen LogP contribution in [0.1, 0.15) is 11.1 Å². The van der Waals surface area contributed by atoms with Gasteiger partial charge in [0.2, 0.25) is 0 Å². The molecule has 202 valence electrons. The number of nitrogens with one attached hydrogen (secondary N) is 2. The Morgan fingerprint density at radius 2 is 1.15 bits per heavy atom. The Labute approximate surface area is 230 Å². The highest BCUT2D eigenvalue weighted by Gasteiger charge is 2.26. The van der Waals surface area contributed by atoms with Gasteiger partial charge in [0.05, 0.1) is 31.0 Å². The highest BCUT2D eigenvalue weighted by atomic mass is 32.2. The van der Waals surface area contributed by atoms with Crippen LogP contribution in [0, 0.1) is 24.0 Å². The van der Waals surface area contributed by atoms with Crippen LogP contribution in [0.25, 0.3) is 0 Å². The number of hydrogen-bond donors (Lipinski definition) is 3. The van der Waals surface area contributed by atoms with Gasteiger partial charge in [0.25, 0.3) is 25.7 Å². The zero-order chi connectivity index (χ0) is 28.4. The molecular formula is C26H23N3O7S3. The molecule has 0 saturated heterocycles. The van der Waals surface area contributed by atoms with Crippen molar-refractivity contribution in [3.8, 4) is 5.75 Å². The summed E-state index contributed by atoms with van der Waals surface area (Å²) in [4.78, 5) is 11.7. The summed E-state index contributed by atoms with van der Waals surface area (Å²) in [7, 11) is -8.44. The second-order valence-electron chi connectivity index (χ2n) is 8.56. The Kier molecular flexibility index (Phi) is 7.86. The minimum Gasteiger partial charge on any atom is -0.508 e. The summed E-state index contributed by atoms with van der Waals surface area (Å²) >= 11 is 0.949. The maximum absolute atomic E-state index is 13.2. The molecule has 0 spiro atoms. The number of sulfonamides is 2. The lowest BCUT2D eigenvalue weighted by Gasteiger charge is -2.16. The van der Waals surface area contributed by atoms with Crippen molar-refractivity contribution in [2.75, 3.05) is 9.44 Å². The molecule has 4 aromatic carbocycles. The molecule has 0 amide bonds. The van der Waals surface area contributed by atoms with E-state index in [0.29, 0.717) is 4.90 Å². The molecule has 0 aromatic heterocycles. The van der Waals surface area contributed by atoms with Crippen molar-refractivity contribution in [3.05, 3.63) is 106 Å². The highest BCUT2D eigenvalue weighted by molar-refractivity contribution is 7.99. The zero-order valence-electron chi connectivity index (χ0n) is 20.7. The first-order chi connectivity index (χ1) is 18.3. The average Bonchev–Trinajstić information content (AvgIpc) is 2.87. The van der Waals surface area contributed by atoms with E-state index in [1.807, 2.05) is 0 Å². The van der Waals surface area contributed by atoms with Crippen molar-refractivity contribution in [2.45, 2.75) is 33.4 Å². The number of phenolic OH excluding ortho intramolecular Hbond substituents is 1. The van der Waals surface area contributed by atoms with E-state index in [1.165, 1.54) is 54.6 Å². The molecule has 0 fully saturated rings. The number of anilines is 2. The Balaban J connectivity index is 1.84. The van der Waals surface area contributed by atoms with Crippen molar-refractivity contribution in [2.24, 2.45) is 0 Å². The van der Waals surface area contributed by atoms with E-state index in [0.717, 1.165) is 29.0 Å². The summed E-state index contributed by atoms with van der Waals surface area (Å²) in [5.41, 5.74) is 0.675. The fourth-order valence-corrected chi connectivity index (χ4v) is 6.53. The van der Waals surface area contributed by atoms with Gasteiger partial charge in [-0.05, 0) is 68.4 Å². The maximum atomic E-state index is 13.2. The number of benzene rings is 4. The molecular weight excluding hydrogens is 563 g/mol. The summed E-state index contributed by atoms with van der Waals surface area (Å²) in [6.07, 6.45) is 0. The lowest BCUT2D eigenvalue weighted by molar-refractivity contribution is -0.387. The SMILES string of the molecule is Cc1ccc(S(=O)(=O)Nc2cc(Sc3ccc(O)cc3)c([N+](=O)[O-])cc2NS(=O)(=O)c2ccc(C)cc2)cc1. The first-order valence-electron chi connectivity index (χ1n) is 11.3. The lowest BCUT2D eigenvalue weighted by atomic mass is 10.2. The number of nitrogens with zero attached hydrogens (tertiary/aromatic N) is 1. The second kappa shape index (κ2) is 11.0. The van der Waals surface area contributed by atoms with Crippen LogP contribution in [0.3, 0.4) is 0 Å². The van der Waals surface area contributed by atoms with Crippen LogP contribution in [-0.4, -0.2) is 26.9 Å². The van der Waals surface area contributed by atoms with Crippen LogP contribution >= 0.6 is 11.8 Å². The summed E-state index contributed by atoms with van der Waals surface area (Å²) in [6.45, 7) is 3.58. The van der Waals surface area contributed by atoms with E-state index < -0.39 is 30.7 Å². The third kappa shape index (κ3) is 6.69. The first kappa shape index (κ1) is 28.0. The second-order valence-corrected chi connectivity index (χ2v) is 13.0. The highest BCUT2D eigenvalue weighted by Crippen LogP contribution is 2.41. The van der Waals surface area contributed by atoms with Gasteiger partial charge in [-0.1, -0.05) is 47.2 Å². The third-order valence-corrected chi connectivity index (χ3v) is 9.33. The Bertz CT molecular complexity index is 1740. The molecule has 0 saturated carbocycles. The molecule has 4 aromatic rings. The van der Waals surface area contributed by atoms with Crippen LogP contribution in [-0.2, 0) is 20.0 Å². The van der Waals surface area contributed by atoms with E-state index in [4.69, 9.17) is 0 Å². The molecule has 0 heterocycles. The Morgan fingerprint density at radius 3 is 1.59 bits per heavy atom.